The van der Waals surface area contributed by atoms with Crippen LogP contribution in [0.4, 0.5) is 11.4 Å². The van der Waals surface area contributed by atoms with Crippen molar-refractivity contribution in [2.24, 2.45) is 5.92 Å². The summed E-state index contributed by atoms with van der Waals surface area (Å²) in [5.74, 6) is -2.80. The van der Waals surface area contributed by atoms with Crippen molar-refractivity contribution < 1.29 is 24.2 Å². The highest BCUT2D eigenvalue weighted by atomic mass is 32.1. The SMILES string of the molecule is COC(=O)c1sccc1NC(=O)C[C@@H](CN1CCN(c2ccccc2)CC1)C(=O)O. The molecule has 1 aromatic heterocycles. The molecule has 3 rings (SSSR count). The van der Waals surface area contributed by atoms with Crippen LogP contribution in [0.5, 0.6) is 0 Å². The number of carbonyl (C=O) groups excluding carboxylic acids is 2. The standard InChI is InChI=1S/C21H25N3O5S/c1-29-21(28)19-17(7-12-30-19)22-18(25)13-15(20(26)27)14-23-8-10-24(11-9-23)16-5-3-2-4-6-16/h2-7,12,15H,8-11,13-14H2,1H3,(H,22,25)(H,26,27)/t15-/m0/s1. The van der Waals surface area contributed by atoms with Crippen LogP contribution in [0.2, 0.25) is 0 Å². The number of rotatable bonds is 8. The van der Waals surface area contributed by atoms with Gasteiger partial charge in [-0.3, -0.25) is 14.5 Å². The van der Waals surface area contributed by atoms with Crippen LogP contribution in [0.25, 0.3) is 0 Å². The van der Waals surface area contributed by atoms with Gasteiger partial charge < -0.3 is 20.1 Å². The molecule has 9 heteroatoms. The van der Waals surface area contributed by atoms with Crippen molar-refractivity contribution in [1.29, 1.82) is 0 Å². The number of hydrogen-bond acceptors (Lipinski definition) is 7. The molecule has 8 nitrogen and oxygen atoms in total. The van der Waals surface area contributed by atoms with Crippen molar-refractivity contribution in [1.82, 2.24) is 4.90 Å². The minimum atomic E-state index is -1.01. The van der Waals surface area contributed by atoms with E-state index in [1.807, 2.05) is 18.2 Å². The molecule has 0 unspecified atom stereocenters. The third kappa shape index (κ3) is 5.58. The van der Waals surface area contributed by atoms with E-state index in [0.717, 1.165) is 43.2 Å². The smallest absolute Gasteiger partial charge is 0.350 e. The molecular weight excluding hydrogens is 406 g/mol. The Kier molecular flexibility index (Phi) is 7.42. The summed E-state index contributed by atoms with van der Waals surface area (Å²) in [4.78, 5) is 40.5. The highest BCUT2D eigenvalue weighted by Crippen LogP contribution is 2.24. The maximum Gasteiger partial charge on any atom is 0.350 e. The summed E-state index contributed by atoms with van der Waals surface area (Å²) in [7, 11) is 1.27. The summed E-state index contributed by atoms with van der Waals surface area (Å²) in [5, 5.41) is 13.9. The van der Waals surface area contributed by atoms with Gasteiger partial charge in [0.25, 0.3) is 0 Å². The van der Waals surface area contributed by atoms with Crippen LogP contribution in [-0.2, 0) is 14.3 Å². The number of carbonyl (C=O) groups is 3. The Morgan fingerprint density at radius 3 is 2.47 bits per heavy atom. The molecule has 2 aromatic rings. The number of amides is 1. The maximum absolute atomic E-state index is 12.4. The fourth-order valence-corrected chi connectivity index (χ4v) is 4.22. The summed E-state index contributed by atoms with van der Waals surface area (Å²) in [6.07, 6.45) is -0.162. The molecule has 30 heavy (non-hydrogen) atoms. The van der Waals surface area contributed by atoms with E-state index in [0.29, 0.717) is 12.2 Å². The van der Waals surface area contributed by atoms with Crippen molar-refractivity contribution in [3.05, 3.63) is 46.7 Å². The lowest BCUT2D eigenvalue weighted by atomic mass is 10.0. The van der Waals surface area contributed by atoms with Crippen molar-refractivity contribution in [2.45, 2.75) is 6.42 Å². The zero-order valence-corrected chi connectivity index (χ0v) is 17.6. The molecule has 1 atom stereocenters. The monoisotopic (exact) mass is 431 g/mol. The quantitative estimate of drug-likeness (QED) is 0.619. The van der Waals surface area contributed by atoms with Crippen molar-refractivity contribution in [3.63, 3.8) is 0 Å². The molecule has 0 aliphatic carbocycles. The third-order valence-corrected chi connectivity index (χ3v) is 5.96. The molecule has 0 radical (unpaired) electrons. The Bertz CT molecular complexity index is 878. The Morgan fingerprint density at radius 2 is 1.83 bits per heavy atom. The van der Waals surface area contributed by atoms with Gasteiger partial charge in [0, 0.05) is 44.8 Å². The summed E-state index contributed by atoms with van der Waals surface area (Å²) < 4.78 is 4.69. The molecule has 1 aliphatic rings. The molecule has 0 bridgehead atoms. The van der Waals surface area contributed by atoms with Gasteiger partial charge in [0.2, 0.25) is 5.91 Å². The van der Waals surface area contributed by atoms with Crippen LogP contribution in [-0.4, -0.2) is 67.7 Å². The number of methoxy groups -OCH3 is 1. The lowest BCUT2D eigenvalue weighted by Gasteiger charge is -2.37. The number of piperazine rings is 1. The lowest BCUT2D eigenvalue weighted by Crippen LogP contribution is -2.48. The van der Waals surface area contributed by atoms with Gasteiger partial charge in [0.1, 0.15) is 4.88 Å². The molecule has 1 aromatic carbocycles. The van der Waals surface area contributed by atoms with Crippen LogP contribution in [0.15, 0.2) is 41.8 Å². The second-order valence-corrected chi connectivity index (χ2v) is 7.98. The zero-order chi connectivity index (χ0) is 21.5. The first-order chi connectivity index (χ1) is 14.5. The van der Waals surface area contributed by atoms with Crippen LogP contribution < -0.4 is 10.2 Å². The molecule has 1 amide bonds. The first-order valence-corrected chi connectivity index (χ1v) is 10.6. The normalized spacial score (nSPS) is 15.4. The van der Waals surface area contributed by atoms with E-state index in [1.165, 1.54) is 7.11 Å². The van der Waals surface area contributed by atoms with Gasteiger partial charge in [-0.15, -0.1) is 11.3 Å². The largest absolute Gasteiger partial charge is 0.481 e. The van der Waals surface area contributed by atoms with E-state index >= 15 is 0 Å². The Hall–Kier alpha value is -2.91. The van der Waals surface area contributed by atoms with Crippen molar-refractivity contribution in [3.8, 4) is 0 Å². The van der Waals surface area contributed by atoms with Gasteiger partial charge in [-0.1, -0.05) is 18.2 Å². The number of nitrogens with one attached hydrogen (secondary N) is 1. The highest BCUT2D eigenvalue weighted by Gasteiger charge is 2.27. The summed E-state index contributed by atoms with van der Waals surface area (Å²) in [5.41, 5.74) is 1.50. The lowest BCUT2D eigenvalue weighted by molar-refractivity contribution is -0.144. The Labute approximate surface area is 179 Å². The minimum absolute atomic E-state index is 0.162. The van der Waals surface area contributed by atoms with E-state index in [4.69, 9.17) is 4.74 Å². The first-order valence-electron chi connectivity index (χ1n) is 9.68. The van der Waals surface area contributed by atoms with E-state index in [1.54, 1.807) is 11.4 Å². The number of benzene rings is 1. The van der Waals surface area contributed by atoms with E-state index < -0.39 is 23.8 Å². The average molecular weight is 432 g/mol. The molecule has 1 saturated heterocycles. The number of para-hydroxylation sites is 1. The number of ether oxygens (including phenoxy) is 1. The highest BCUT2D eigenvalue weighted by molar-refractivity contribution is 7.12. The number of thiophene rings is 1. The van der Waals surface area contributed by atoms with Gasteiger partial charge in [-0.2, -0.15) is 0 Å². The zero-order valence-electron chi connectivity index (χ0n) is 16.7. The fourth-order valence-electron chi connectivity index (χ4n) is 3.45. The van der Waals surface area contributed by atoms with Crippen molar-refractivity contribution >= 4 is 40.6 Å². The second-order valence-electron chi connectivity index (χ2n) is 7.07. The van der Waals surface area contributed by atoms with Crippen molar-refractivity contribution in [2.75, 3.05) is 50.1 Å². The first kappa shape index (κ1) is 21.8. The predicted molar refractivity (Wildman–Crippen MR) is 115 cm³/mol. The minimum Gasteiger partial charge on any atom is -0.481 e. The summed E-state index contributed by atoms with van der Waals surface area (Å²) in [6, 6.07) is 11.7. The Morgan fingerprint density at radius 1 is 1.13 bits per heavy atom. The van der Waals surface area contributed by atoms with Crippen LogP contribution in [0.1, 0.15) is 16.1 Å². The number of esters is 1. The number of anilines is 2. The molecule has 1 aliphatic heterocycles. The molecular formula is C21H25N3O5S. The number of nitrogens with zero attached hydrogens (tertiary/aromatic N) is 2. The number of carboxylic acids is 1. The van der Waals surface area contributed by atoms with Gasteiger partial charge in [-0.25, -0.2) is 4.79 Å². The van der Waals surface area contributed by atoms with Gasteiger partial charge in [0.15, 0.2) is 0 Å². The second kappa shape index (κ2) is 10.2. The summed E-state index contributed by atoms with van der Waals surface area (Å²) >= 11 is 1.16. The van der Waals surface area contributed by atoms with Crippen LogP contribution in [0.3, 0.4) is 0 Å². The van der Waals surface area contributed by atoms with E-state index in [-0.39, 0.29) is 11.3 Å². The number of carboxylic acid groups (broad SMARTS) is 1. The van der Waals surface area contributed by atoms with Gasteiger partial charge in [0.05, 0.1) is 18.7 Å². The third-order valence-electron chi connectivity index (χ3n) is 5.06. The number of aliphatic carboxylic acids is 1. The van der Waals surface area contributed by atoms with Gasteiger partial charge >= 0.3 is 11.9 Å². The van der Waals surface area contributed by atoms with E-state index in [2.05, 4.69) is 27.2 Å². The van der Waals surface area contributed by atoms with Crippen LogP contribution in [0, 0.1) is 5.92 Å². The number of hydrogen-bond donors (Lipinski definition) is 2. The topological polar surface area (TPSA) is 99.2 Å². The molecule has 0 saturated carbocycles. The molecule has 1 fully saturated rings. The van der Waals surface area contributed by atoms with Crippen LogP contribution >= 0.6 is 11.3 Å². The summed E-state index contributed by atoms with van der Waals surface area (Å²) in [6.45, 7) is 3.38. The predicted octanol–water partition coefficient (Wildman–Crippen LogP) is 2.39. The molecule has 160 valence electrons. The molecule has 2 N–H and O–H groups in total. The fraction of sp³-hybridized carbons (Fsp3) is 0.381. The average Bonchev–Trinajstić information content (AvgIpc) is 3.21. The molecule has 2 heterocycles. The van der Waals surface area contributed by atoms with Gasteiger partial charge in [-0.05, 0) is 23.6 Å². The Balaban J connectivity index is 1.53. The molecule has 0 spiro atoms. The maximum atomic E-state index is 12.4. The van der Waals surface area contributed by atoms with E-state index in [9.17, 15) is 19.5 Å².